The second kappa shape index (κ2) is 8.64. The maximum atomic E-state index is 13.3. The third-order valence-corrected chi connectivity index (χ3v) is 7.23. The number of hydrogen-bond donors (Lipinski definition) is 2. The number of hydrogen-bond acceptors (Lipinski definition) is 6. The molecule has 5 rings (SSSR count). The molecule has 4 heterocycles. The van der Waals surface area contributed by atoms with Gasteiger partial charge in [-0.25, -0.2) is 9.78 Å². The van der Waals surface area contributed by atoms with Crippen molar-refractivity contribution in [3.8, 4) is 5.75 Å². The Bertz CT molecular complexity index is 1240. The molecule has 2 N–H and O–H groups in total. The summed E-state index contributed by atoms with van der Waals surface area (Å²) in [5.74, 6) is 0.602. The zero-order chi connectivity index (χ0) is 23.1. The molecule has 9 heteroatoms. The summed E-state index contributed by atoms with van der Waals surface area (Å²) in [6, 6.07) is 7.30. The molecule has 1 fully saturated rings. The van der Waals surface area contributed by atoms with Gasteiger partial charge in [0.15, 0.2) is 0 Å². The van der Waals surface area contributed by atoms with E-state index in [4.69, 9.17) is 4.74 Å². The molecule has 0 spiro atoms. The van der Waals surface area contributed by atoms with Gasteiger partial charge in [-0.15, -0.1) is 11.3 Å². The van der Waals surface area contributed by atoms with Crippen molar-refractivity contribution < 1.29 is 14.3 Å². The van der Waals surface area contributed by atoms with E-state index in [1.807, 2.05) is 38.1 Å². The number of likely N-dealkylation sites (N-methyl/N-ethyl adjacent to an activating group) is 1. The first-order valence-electron chi connectivity index (χ1n) is 11.2. The number of nitrogens with zero attached hydrogens (tertiary/aromatic N) is 3. The number of likely N-dealkylation sites (tertiary alicyclic amines) is 1. The van der Waals surface area contributed by atoms with Crippen molar-refractivity contribution in [2.45, 2.75) is 32.7 Å². The monoisotopic (exact) mass is 465 g/mol. The van der Waals surface area contributed by atoms with E-state index >= 15 is 0 Å². The van der Waals surface area contributed by atoms with Crippen molar-refractivity contribution in [3.05, 3.63) is 40.9 Å². The predicted molar refractivity (Wildman–Crippen MR) is 131 cm³/mol. The van der Waals surface area contributed by atoms with Crippen LogP contribution < -0.4 is 20.3 Å². The first-order chi connectivity index (χ1) is 16.0. The average Bonchev–Trinajstić information content (AvgIpc) is 3.15. The van der Waals surface area contributed by atoms with Crippen molar-refractivity contribution in [3.63, 3.8) is 0 Å². The summed E-state index contributed by atoms with van der Waals surface area (Å²) in [6.45, 7) is 6.34. The fourth-order valence-electron chi connectivity index (χ4n) is 4.65. The van der Waals surface area contributed by atoms with Crippen LogP contribution in [0.4, 0.5) is 21.9 Å². The first-order valence-corrected chi connectivity index (χ1v) is 12.0. The molecule has 2 aromatic heterocycles. The molecule has 172 valence electrons. The molecular formula is C24H27N5O3S. The topological polar surface area (TPSA) is 86.8 Å². The molecule has 2 aliphatic heterocycles. The highest BCUT2D eigenvalue weighted by atomic mass is 32.1. The van der Waals surface area contributed by atoms with Crippen molar-refractivity contribution >= 4 is 50.6 Å². The Morgan fingerprint density at radius 3 is 2.94 bits per heavy atom. The largest absolute Gasteiger partial charge is 0.494 e. The molecule has 8 nitrogen and oxygen atoms in total. The molecule has 3 amide bonds. The van der Waals surface area contributed by atoms with E-state index in [-0.39, 0.29) is 18.0 Å². The van der Waals surface area contributed by atoms with Crippen LogP contribution in [0.2, 0.25) is 0 Å². The van der Waals surface area contributed by atoms with Gasteiger partial charge in [-0.3, -0.25) is 9.69 Å². The standard InChI is InChI=1S/C24H27N5O3S/c1-4-32-16-7-8-17(14(2)12-16)29-18-9-10-25-23-19(18)20(27-24(29)31)21(33-23)22(30)26-15-6-5-11-28(3)13-15/h7-10,12,15H,4-6,11,13H2,1-3H3,(H,26,30)(H,27,31). The number of aromatic nitrogens is 1. The Balaban J connectivity index is 1.52. The van der Waals surface area contributed by atoms with Crippen LogP contribution in [-0.4, -0.2) is 54.6 Å². The summed E-state index contributed by atoms with van der Waals surface area (Å²) in [6.07, 6.45) is 3.70. The minimum Gasteiger partial charge on any atom is -0.494 e. The Morgan fingerprint density at radius 2 is 2.18 bits per heavy atom. The minimum atomic E-state index is -0.299. The molecule has 1 aromatic carbocycles. The lowest BCUT2D eigenvalue weighted by Gasteiger charge is -2.31. The lowest BCUT2D eigenvalue weighted by molar-refractivity contribution is 0.0917. The van der Waals surface area contributed by atoms with E-state index in [0.717, 1.165) is 58.8 Å². The molecule has 3 aromatic rings. The summed E-state index contributed by atoms with van der Waals surface area (Å²) >= 11 is 1.31. The number of pyridine rings is 1. The zero-order valence-electron chi connectivity index (χ0n) is 19.0. The second-order valence-corrected chi connectivity index (χ2v) is 9.54. The maximum Gasteiger partial charge on any atom is 0.331 e. The van der Waals surface area contributed by atoms with Gasteiger partial charge in [0.05, 0.1) is 29.1 Å². The van der Waals surface area contributed by atoms with E-state index < -0.39 is 0 Å². The smallest absolute Gasteiger partial charge is 0.331 e. The van der Waals surface area contributed by atoms with Crippen molar-refractivity contribution in [2.75, 3.05) is 37.0 Å². The van der Waals surface area contributed by atoms with Crippen LogP contribution in [-0.2, 0) is 0 Å². The van der Waals surface area contributed by atoms with Gasteiger partial charge in [0.1, 0.15) is 15.5 Å². The highest BCUT2D eigenvalue weighted by molar-refractivity contribution is 7.21. The lowest BCUT2D eigenvalue weighted by Crippen LogP contribution is -2.46. The number of urea groups is 1. The summed E-state index contributed by atoms with van der Waals surface area (Å²) in [5, 5.41) is 6.92. The number of carbonyl (C=O) groups excluding carboxylic acids is 2. The number of ether oxygens (including phenoxy) is 1. The minimum absolute atomic E-state index is 0.100. The summed E-state index contributed by atoms with van der Waals surface area (Å²) < 4.78 is 5.59. The SMILES string of the molecule is CCOc1ccc(N2C(=O)Nc3c(C(=O)NC4CCCN(C)C4)sc4nccc2c34)c(C)c1. The third kappa shape index (κ3) is 3.91. The van der Waals surface area contributed by atoms with Gasteiger partial charge in [0.25, 0.3) is 5.91 Å². The van der Waals surface area contributed by atoms with E-state index in [0.29, 0.717) is 17.2 Å². The maximum absolute atomic E-state index is 13.3. The summed E-state index contributed by atoms with van der Waals surface area (Å²) in [5.41, 5.74) is 2.94. The van der Waals surface area contributed by atoms with Crippen LogP contribution in [0.1, 0.15) is 35.0 Å². The summed E-state index contributed by atoms with van der Waals surface area (Å²) in [7, 11) is 2.06. The first kappa shape index (κ1) is 21.7. The fourth-order valence-corrected chi connectivity index (χ4v) is 5.68. The number of amides is 3. The Kier molecular flexibility index (Phi) is 5.67. The van der Waals surface area contributed by atoms with Crippen LogP contribution in [0.5, 0.6) is 5.75 Å². The number of anilines is 3. The van der Waals surface area contributed by atoms with Crippen molar-refractivity contribution in [1.29, 1.82) is 0 Å². The van der Waals surface area contributed by atoms with Gasteiger partial charge in [0, 0.05) is 18.8 Å². The zero-order valence-corrected chi connectivity index (χ0v) is 19.8. The van der Waals surface area contributed by atoms with Gasteiger partial charge >= 0.3 is 6.03 Å². The molecule has 0 bridgehead atoms. The molecule has 0 saturated carbocycles. The van der Waals surface area contributed by atoms with Crippen LogP contribution >= 0.6 is 11.3 Å². The average molecular weight is 466 g/mol. The lowest BCUT2D eigenvalue weighted by atomic mass is 10.1. The number of rotatable bonds is 5. The molecule has 1 atom stereocenters. The molecule has 33 heavy (non-hydrogen) atoms. The second-order valence-electron chi connectivity index (χ2n) is 8.54. The predicted octanol–water partition coefficient (Wildman–Crippen LogP) is 4.51. The summed E-state index contributed by atoms with van der Waals surface area (Å²) in [4.78, 5) is 36.1. The number of benzene rings is 1. The quantitative estimate of drug-likeness (QED) is 0.579. The van der Waals surface area contributed by atoms with Crippen LogP contribution in [0, 0.1) is 6.92 Å². The van der Waals surface area contributed by atoms with Gasteiger partial charge in [-0.1, -0.05) is 0 Å². The van der Waals surface area contributed by atoms with Gasteiger partial charge < -0.3 is 20.3 Å². The van der Waals surface area contributed by atoms with E-state index in [9.17, 15) is 9.59 Å². The molecular weight excluding hydrogens is 438 g/mol. The Hall–Kier alpha value is -3.17. The van der Waals surface area contributed by atoms with Crippen LogP contribution in [0.25, 0.3) is 10.2 Å². The highest BCUT2D eigenvalue weighted by Crippen LogP contribution is 2.46. The van der Waals surface area contributed by atoms with Gasteiger partial charge in [-0.05, 0) is 70.1 Å². The van der Waals surface area contributed by atoms with Gasteiger partial charge in [0.2, 0.25) is 0 Å². The van der Waals surface area contributed by atoms with E-state index in [1.54, 1.807) is 11.1 Å². The molecule has 0 radical (unpaired) electrons. The van der Waals surface area contributed by atoms with Gasteiger partial charge in [-0.2, -0.15) is 0 Å². The van der Waals surface area contributed by atoms with Crippen LogP contribution in [0.3, 0.4) is 0 Å². The normalized spacial score (nSPS) is 18.3. The highest BCUT2D eigenvalue weighted by Gasteiger charge is 2.34. The van der Waals surface area contributed by atoms with E-state index in [2.05, 4.69) is 27.6 Å². The number of carbonyl (C=O) groups is 2. The molecule has 0 aliphatic carbocycles. The number of thiophene rings is 1. The van der Waals surface area contributed by atoms with Crippen molar-refractivity contribution in [1.82, 2.24) is 15.2 Å². The van der Waals surface area contributed by atoms with Crippen LogP contribution in [0.15, 0.2) is 30.5 Å². The van der Waals surface area contributed by atoms with Crippen molar-refractivity contribution in [2.24, 2.45) is 0 Å². The molecule has 1 unspecified atom stereocenters. The Labute approximate surface area is 196 Å². The third-order valence-electron chi connectivity index (χ3n) is 6.13. The number of aryl methyl sites for hydroxylation is 1. The number of nitrogens with one attached hydrogen (secondary N) is 2. The molecule has 2 aliphatic rings. The number of piperidine rings is 1. The fraction of sp³-hybridized carbons (Fsp3) is 0.375. The molecule has 1 saturated heterocycles. The Morgan fingerprint density at radius 1 is 1.33 bits per heavy atom. The van der Waals surface area contributed by atoms with E-state index in [1.165, 1.54) is 11.3 Å².